The van der Waals surface area contributed by atoms with Gasteiger partial charge in [-0.2, -0.15) is 5.10 Å². The molecule has 2 N–H and O–H groups in total. The van der Waals surface area contributed by atoms with Gasteiger partial charge >= 0.3 is 5.69 Å². The minimum Gasteiger partial charge on any atom is -0.496 e. The molecule has 0 unspecified atom stereocenters. The number of aryl methyl sites for hydroxylation is 1. The van der Waals surface area contributed by atoms with E-state index in [4.69, 9.17) is 21.5 Å². The Kier molecular flexibility index (Phi) is 7.42. The zero-order valence-corrected chi connectivity index (χ0v) is 23.4. The normalized spacial score (nSPS) is 11.8. The summed E-state index contributed by atoms with van der Waals surface area (Å²) < 4.78 is 74.6. The van der Waals surface area contributed by atoms with E-state index in [-0.39, 0.29) is 55.6 Å². The van der Waals surface area contributed by atoms with E-state index in [9.17, 15) is 31.2 Å². The van der Waals surface area contributed by atoms with Crippen LogP contribution in [0, 0.1) is 17.5 Å². The highest BCUT2D eigenvalue weighted by Gasteiger charge is 2.22. The van der Waals surface area contributed by atoms with E-state index in [1.165, 1.54) is 48.5 Å². The van der Waals surface area contributed by atoms with Crippen LogP contribution in [0.5, 0.6) is 5.75 Å². The third kappa shape index (κ3) is 5.29. The first kappa shape index (κ1) is 29.0. The first-order valence-electron chi connectivity index (χ1n) is 11.9. The maximum Gasteiger partial charge on any atom is 0.332 e. The van der Waals surface area contributed by atoms with Gasteiger partial charge in [0.25, 0.3) is 5.56 Å². The van der Waals surface area contributed by atoms with Crippen molar-refractivity contribution in [1.29, 1.82) is 0 Å². The van der Waals surface area contributed by atoms with Crippen LogP contribution in [-0.2, 0) is 30.2 Å². The van der Waals surface area contributed by atoms with Gasteiger partial charge in [-0.05, 0) is 53.6 Å². The quantitative estimate of drug-likeness (QED) is 0.276. The fourth-order valence-corrected chi connectivity index (χ4v) is 5.26. The number of methoxy groups -OCH3 is 1. The molecule has 0 radical (unpaired) electrons. The van der Waals surface area contributed by atoms with Crippen LogP contribution in [0.15, 0.2) is 63.3 Å². The van der Waals surface area contributed by atoms with E-state index in [1.807, 2.05) is 0 Å². The van der Waals surface area contributed by atoms with Crippen LogP contribution in [0.2, 0.25) is 5.02 Å². The number of primary sulfonamides is 1. The van der Waals surface area contributed by atoms with E-state index in [2.05, 4.69) is 10.1 Å². The second kappa shape index (κ2) is 10.7. The highest BCUT2D eigenvalue weighted by Crippen LogP contribution is 2.35. The third-order valence-corrected chi connectivity index (χ3v) is 7.66. The summed E-state index contributed by atoms with van der Waals surface area (Å²) in [7, 11) is -1.27. The van der Waals surface area contributed by atoms with Gasteiger partial charge in [0.15, 0.2) is 23.3 Å². The molecule has 218 valence electrons. The maximum absolute atomic E-state index is 14.1. The number of nitrogens with two attached hydrogens (primary N) is 1. The van der Waals surface area contributed by atoms with E-state index in [0.717, 1.165) is 21.3 Å². The van der Waals surface area contributed by atoms with Gasteiger partial charge in [-0.25, -0.2) is 36.5 Å². The summed E-state index contributed by atoms with van der Waals surface area (Å²) in [6.07, 6.45) is 1.37. The van der Waals surface area contributed by atoms with Crippen molar-refractivity contribution in [3.8, 4) is 16.9 Å². The molecule has 11 nitrogen and oxygen atoms in total. The zero-order chi connectivity index (χ0) is 30.5. The number of sulfonamides is 1. The van der Waals surface area contributed by atoms with Crippen LogP contribution in [0.4, 0.5) is 13.2 Å². The van der Waals surface area contributed by atoms with Crippen LogP contribution in [0.25, 0.3) is 22.0 Å². The SMILES string of the molecule is COc1cc(-c2cc(S(N)(=O)=O)ccc2Cl)cc2c1c(=O)n(Cc1ncn(C)n1)c(=O)n2Cc1cc(F)c(F)c(F)c1. The smallest absolute Gasteiger partial charge is 0.332 e. The fourth-order valence-electron chi connectivity index (χ4n) is 4.49. The van der Waals surface area contributed by atoms with Gasteiger partial charge in [-0.15, -0.1) is 0 Å². The Morgan fingerprint density at radius 3 is 2.29 bits per heavy atom. The van der Waals surface area contributed by atoms with Crippen molar-refractivity contribution >= 4 is 32.5 Å². The number of rotatable bonds is 7. The van der Waals surface area contributed by atoms with Gasteiger partial charge in [-0.1, -0.05) is 11.6 Å². The van der Waals surface area contributed by atoms with E-state index in [0.29, 0.717) is 0 Å². The van der Waals surface area contributed by atoms with Crippen LogP contribution >= 0.6 is 11.6 Å². The number of nitrogens with zero attached hydrogens (tertiary/aromatic N) is 5. The highest BCUT2D eigenvalue weighted by molar-refractivity contribution is 7.89. The Morgan fingerprint density at radius 1 is 1.00 bits per heavy atom. The van der Waals surface area contributed by atoms with E-state index in [1.54, 1.807) is 7.05 Å². The monoisotopic (exact) mass is 620 g/mol. The molecule has 0 spiro atoms. The summed E-state index contributed by atoms with van der Waals surface area (Å²) in [6, 6.07) is 7.95. The molecule has 0 atom stereocenters. The van der Waals surface area contributed by atoms with Crippen molar-refractivity contribution in [2.24, 2.45) is 12.2 Å². The molecule has 3 aromatic carbocycles. The van der Waals surface area contributed by atoms with Gasteiger partial charge < -0.3 is 4.74 Å². The summed E-state index contributed by atoms with van der Waals surface area (Å²) in [5.74, 6) is -4.53. The fraction of sp³-hybridized carbons (Fsp3) is 0.154. The Hall–Kier alpha value is -4.47. The third-order valence-electron chi connectivity index (χ3n) is 6.42. The molecule has 0 saturated carbocycles. The van der Waals surface area contributed by atoms with Crippen LogP contribution < -0.4 is 21.1 Å². The summed E-state index contributed by atoms with van der Waals surface area (Å²) in [5, 5.41) is 9.39. The molecule has 16 heteroatoms. The first-order chi connectivity index (χ1) is 19.8. The lowest BCUT2D eigenvalue weighted by atomic mass is 10.0. The van der Waals surface area contributed by atoms with Crippen LogP contribution in [0.3, 0.4) is 0 Å². The standard InChI is InChI=1S/C26H20ClF3N6O5S/c1-34-12-32-22(33-34)11-36-25(37)23-20(35(26(36)38)10-13-5-18(28)24(30)19(29)6-13)7-14(8-21(23)41-2)16-9-15(42(31,39)40)3-4-17(16)27/h3-9,12H,10-11H2,1-2H3,(H2,31,39,40). The molecule has 0 aliphatic rings. The molecule has 5 aromatic rings. The Morgan fingerprint density at radius 2 is 1.69 bits per heavy atom. The van der Waals surface area contributed by atoms with Crippen molar-refractivity contribution in [3.63, 3.8) is 0 Å². The summed E-state index contributed by atoms with van der Waals surface area (Å²) >= 11 is 6.38. The molecule has 0 aliphatic carbocycles. The number of fused-ring (bicyclic) bond motifs is 1. The van der Waals surface area contributed by atoms with E-state index < -0.39 is 45.3 Å². The van der Waals surface area contributed by atoms with Gasteiger partial charge in [0.05, 0.1) is 30.6 Å². The Bertz CT molecular complexity index is 2100. The number of halogens is 4. The molecule has 5 rings (SSSR count). The van der Waals surface area contributed by atoms with Gasteiger partial charge in [0, 0.05) is 17.6 Å². The largest absolute Gasteiger partial charge is 0.496 e. The van der Waals surface area contributed by atoms with E-state index >= 15 is 0 Å². The summed E-state index contributed by atoms with van der Waals surface area (Å²) in [4.78, 5) is 31.3. The Balaban J connectivity index is 1.84. The molecule has 2 aromatic heterocycles. The van der Waals surface area contributed by atoms with Crippen molar-refractivity contribution in [2.75, 3.05) is 7.11 Å². The number of ether oxygens (including phenoxy) is 1. The lowest BCUT2D eigenvalue weighted by Gasteiger charge is -2.17. The second-order valence-corrected chi connectivity index (χ2v) is 11.2. The molecule has 42 heavy (non-hydrogen) atoms. The topological polar surface area (TPSA) is 144 Å². The molecule has 2 heterocycles. The van der Waals surface area contributed by atoms with Crippen LogP contribution in [-0.4, -0.2) is 39.4 Å². The molecule has 0 bridgehead atoms. The van der Waals surface area contributed by atoms with Gasteiger partial charge in [0.1, 0.15) is 17.5 Å². The zero-order valence-electron chi connectivity index (χ0n) is 21.8. The predicted octanol–water partition coefficient (Wildman–Crippen LogP) is 2.78. The lowest BCUT2D eigenvalue weighted by molar-refractivity contribution is 0.418. The Labute approximate surface area is 240 Å². The molecule has 0 amide bonds. The first-order valence-corrected chi connectivity index (χ1v) is 13.9. The minimum atomic E-state index is -4.13. The highest BCUT2D eigenvalue weighted by atomic mass is 35.5. The minimum absolute atomic E-state index is 0.0301. The summed E-state index contributed by atoms with van der Waals surface area (Å²) in [6.45, 7) is -0.856. The maximum atomic E-state index is 14.1. The summed E-state index contributed by atoms with van der Waals surface area (Å²) in [5.41, 5.74) is -1.48. The molecule has 0 saturated heterocycles. The molecule has 0 fully saturated rings. The van der Waals surface area contributed by atoms with Crippen molar-refractivity contribution in [3.05, 3.63) is 103 Å². The van der Waals surface area contributed by atoms with Gasteiger partial charge in [-0.3, -0.25) is 18.6 Å². The van der Waals surface area contributed by atoms with Crippen molar-refractivity contribution in [1.82, 2.24) is 23.9 Å². The van der Waals surface area contributed by atoms with Crippen molar-refractivity contribution in [2.45, 2.75) is 18.0 Å². The number of hydrogen-bond donors (Lipinski definition) is 1. The molecular formula is C26H20ClF3N6O5S. The average molecular weight is 621 g/mol. The molecule has 0 aliphatic heterocycles. The second-order valence-electron chi connectivity index (χ2n) is 9.23. The lowest BCUT2D eigenvalue weighted by Crippen LogP contribution is -2.41. The number of aromatic nitrogens is 5. The van der Waals surface area contributed by atoms with Crippen molar-refractivity contribution < 1.29 is 26.3 Å². The van der Waals surface area contributed by atoms with Gasteiger partial charge in [0.2, 0.25) is 10.0 Å². The predicted molar refractivity (Wildman–Crippen MR) is 146 cm³/mol. The van der Waals surface area contributed by atoms with Crippen LogP contribution in [0.1, 0.15) is 11.4 Å². The average Bonchev–Trinajstić information content (AvgIpc) is 3.35. The number of benzene rings is 3. The number of hydrogen-bond acceptors (Lipinski definition) is 7. The molecular weight excluding hydrogens is 601 g/mol.